The standard InChI is InChI=1S/C20H15Cl2N3O3S/c21-16-6-5-15(10-17(16)22)29-19-7-4-12(8-18(19)25(27)28)11-24-14-3-1-2-13(9-14)20(23)26/h1-10,24H,11H2,(H2,23,26). The first kappa shape index (κ1) is 21.0. The molecule has 0 saturated heterocycles. The van der Waals surface area contributed by atoms with E-state index in [0.29, 0.717) is 32.7 Å². The molecule has 0 bridgehead atoms. The van der Waals surface area contributed by atoms with E-state index in [-0.39, 0.29) is 5.69 Å². The molecule has 3 N–H and O–H groups in total. The van der Waals surface area contributed by atoms with Crippen LogP contribution < -0.4 is 11.1 Å². The fourth-order valence-corrected chi connectivity index (χ4v) is 3.86. The van der Waals surface area contributed by atoms with E-state index in [1.165, 1.54) is 17.8 Å². The quantitative estimate of drug-likeness (QED) is 0.354. The first-order valence-corrected chi connectivity index (χ1v) is 9.94. The molecule has 0 aliphatic carbocycles. The lowest BCUT2D eigenvalue weighted by Crippen LogP contribution is -2.11. The number of halogens is 2. The van der Waals surface area contributed by atoms with Gasteiger partial charge in [-0.1, -0.05) is 47.1 Å². The van der Waals surface area contributed by atoms with Crippen molar-refractivity contribution in [2.45, 2.75) is 16.3 Å². The highest BCUT2D eigenvalue weighted by Crippen LogP contribution is 2.37. The third kappa shape index (κ3) is 5.41. The van der Waals surface area contributed by atoms with Gasteiger partial charge in [0.2, 0.25) is 5.91 Å². The predicted octanol–water partition coefficient (Wildman–Crippen LogP) is 5.76. The van der Waals surface area contributed by atoms with Crippen molar-refractivity contribution in [3.63, 3.8) is 0 Å². The second kappa shape index (κ2) is 9.17. The summed E-state index contributed by atoms with van der Waals surface area (Å²) < 4.78 is 0. The van der Waals surface area contributed by atoms with Crippen molar-refractivity contribution in [2.24, 2.45) is 5.73 Å². The van der Waals surface area contributed by atoms with Crippen molar-refractivity contribution >= 4 is 52.2 Å². The fourth-order valence-electron chi connectivity index (χ4n) is 2.56. The SMILES string of the molecule is NC(=O)c1cccc(NCc2ccc(Sc3ccc(Cl)c(Cl)c3)c([N+](=O)[O-])c2)c1. The molecule has 9 heteroatoms. The molecule has 0 fully saturated rings. The number of nitrogens with two attached hydrogens (primary N) is 1. The topological polar surface area (TPSA) is 98.3 Å². The van der Waals surface area contributed by atoms with Crippen LogP contribution in [0.3, 0.4) is 0 Å². The van der Waals surface area contributed by atoms with Crippen LogP contribution >= 0.6 is 35.0 Å². The van der Waals surface area contributed by atoms with Crippen LogP contribution in [0.25, 0.3) is 0 Å². The summed E-state index contributed by atoms with van der Waals surface area (Å²) in [7, 11) is 0. The average Bonchev–Trinajstić information content (AvgIpc) is 2.70. The van der Waals surface area contributed by atoms with Gasteiger partial charge >= 0.3 is 0 Å². The van der Waals surface area contributed by atoms with E-state index in [9.17, 15) is 14.9 Å². The minimum atomic E-state index is -0.520. The lowest BCUT2D eigenvalue weighted by Gasteiger charge is -2.09. The Hall–Kier alpha value is -2.74. The molecule has 0 unspecified atom stereocenters. The number of carbonyl (C=O) groups is 1. The summed E-state index contributed by atoms with van der Waals surface area (Å²) in [4.78, 5) is 23.6. The van der Waals surface area contributed by atoms with E-state index >= 15 is 0 Å². The van der Waals surface area contributed by atoms with Gasteiger partial charge < -0.3 is 11.1 Å². The maximum absolute atomic E-state index is 11.6. The first-order valence-electron chi connectivity index (χ1n) is 8.37. The highest BCUT2D eigenvalue weighted by atomic mass is 35.5. The molecule has 0 heterocycles. The molecule has 0 radical (unpaired) electrons. The number of anilines is 1. The molecule has 148 valence electrons. The van der Waals surface area contributed by atoms with E-state index in [4.69, 9.17) is 28.9 Å². The number of hydrogen-bond donors (Lipinski definition) is 2. The summed E-state index contributed by atoms with van der Waals surface area (Å²) in [5.74, 6) is -0.520. The molecular formula is C20H15Cl2N3O3S. The normalized spacial score (nSPS) is 10.6. The highest BCUT2D eigenvalue weighted by Gasteiger charge is 2.16. The van der Waals surface area contributed by atoms with Gasteiger partial charge in [-0.2, -0.15) is 0 Å². The van der Waals surface area contributed by atoms with Gasteiger partial charge in [-0.05, 0) is 48.0 Å². The molecule has 0 aromatic heterocycles. The summed E-state index contributed by atoms with van der Waals surface area (Å²) in [6.45, 7) is 0.348. The second-order valence-corrected chi connectivity index (χ2v) is 7.97. The van der Waals surface area contributed by atoms with Crippen molar-refractivity contribution in [1.29, 1.82) is 0 Å². The Morgan fingerprint density at radius 1 is 1.07 bits per heavy atom. The van der Waals surface area contributed by atoms with Crippen LogP contribution in [0.2, 0.25) is 10.0 Å². The molecular weight excluding hydrogens is 433 g/mol. The second-order valence-electron chi connectivity index (χ2n) is 6.04. The maximum atomic E-state index is 11.6. The van der Waals surface area contributed by atoms with E-state index in [1.54, 1.807) is 54.6 Å². The summed E-state index contributed by atoms with van der Waals surface area (Å²) in [6.07, 6.45) is 0. The first-order chi connectivity index (χ1) is 13.8. The lowest BCUT2D eigenvalue weighted by molar-refractivity contribution is -0.387. The molecule has 1 amide bonds. The summed E-state index contributed by atoms with van der Waals surface area (Å²) in [5, 5.41) is 15.5. The maximum Gasteiger partial charge on any atom is 0.283 e. The van der Waals surface area contributed by atoms with Gasteiger partial charge in [0.25, 0.3) is 5.69 Å². The zero-order chi connectivity index (χ0) is 21.0. The van der Waals surface area contributed by atoms with Crippen LogP contribution in [0.4, 0.5) is 11.4 Å². The van der Waals surface area contributed by atoms with Crippen molar-refractivity contribution in [2.75, 3.05) is 5.32 Å². The largest absolute Gasteiger partial charge is 0.381 e. The molecule has 0 saturated carbocycles. The van der Waals surface area contributed by atoms with Gasteiger partial charge in [-0.15, -0.1) is 0 Å². The Kier molecular flexibility index (Phi) is 6.64. The number of nitrogens with zero attached hydrogens (tertiary/aromatic N) is 1. The molecule has 3 aromatic rings. The Bertz CT molecular complexity index is 1090. The Balaban J connectivity index is 1.78. The number of benzene rings is 3. The smallest absolute Gasteiger partial charge is 0.283 e. The molecule has 0 spiro atoms. The van der Waals surface area contributed by atoms with Crippen LogP contribution in [0.1, 0.15) is 15.9 Å². The number of hydrogen-bond acceptors (Lipinski definition) is 5. The van der Waals surface area contributed by atoms with Crippen molar-refractivity contribution in [3.8, 4) is 0 Å². The van der Waals surface area contributed by atoms with Gasteiger partial charge in [0.15, 0.2) is 0 Å². The number of rotatable bonds is 7. The van der Waals surface area contributed by atoms with Gasteiger partial charge in [0.05, 0.1) is 19.9 Å². The van der Waals surface area contributed by atoms with Crippen molar-refractivity contribution in [3.05, 3.63) is 92.0 Å². The van der Waals surface area contributed by atoms with Crippen LogP contribution in [0.15, 0.2) is 70.5 Å². The predicted molar refractivity (Wildman–Crippen MR) is 116 cm³/mol. The molecule has 3 aromatic carbocycles. The van der Waals surface area contributed by atoms with Crippen LogP contribution in [-0.4, -0.2) is 10.8 Å². The van der Waals surface area contributed by atoms with Gasteiger partial charge in [0, 0.05) is 28.8 Å². The number of nitrogens with one attached hydrogen (secondary N) is 1. The van der Waals surface area contributed by atoms with E-state index < -0.39 is 10.8 Å². The minimum Gasteiger partial charge on any atom is -0.381 e. The molecule has 6 nitrogen and oxygen atoms in total. The average molecular weight is 448 g/mol. The number of nitro benzene ring substituents is 1. The zero-order valence-corrected chi connectivity index (χ0v) is 17.2. The highest BCUT2D eigenvalue weighted by molar-refractivity contribution is 7.99. The fraction of sp³-hybridized carbons (Fsp3) is 0.0500. The Morgan fingerprint density at radius 3 is 2.55 bits per heavy atom. The van der Waals surface area contributed by atoms with Crippen molar-refractivity contribution in [1.82, 2.24) is 0 Å². The number of carbonyl (C=O) groups excluding carboxylic acids is 1. The third-order valence-corrected chi connectivity index (χ3v) is 5.78. The number of nitro groups is 1. The molecule has 3 rings (SSSR count). The minimum absolute atomic E-state index is 0.00809. The zero-order valence-electron chi connectivity index (χ0n) is 14.9. The van der Waals surface area contributed by atoms with Crippen molar-refractivity contribution < 1.29 is 9.72 Å². The van der Waals surface area contributed by atoms with Crippen LogP contribution in [-0.2, 0) is 6.54 Å². The lowest BCUT2D eigenvalue weighted by atomic mass is 10.1. The number of primary amides is 1. The van der Waals surface area contributed by atoms with Crippen LogP contribution in [0.5, 0.6) is 0 Å². The monoisotopic (exact) mass is 447 g/mol. The van der Waals surface area contributed by atoms with E-state index in [1.807, 2.05) is 0 Å². The Morgan fingerprint density at radius 2 is 1.86 bits per heavy atom. The summed E-state index contributed by atoms with van der Waals surface area (Å²) in [6, 6.07) is 16.8. The van der Waals surface area contributed by atoms with E-state index in [0.717, 1.165) is 10.5 Å². The third-order valence-electron chi connectivity index (χ3n) is 3.98. The summed E-state index contributed by atoms with van der Waals surface area (Å²) in [5.41, 5.74) is 7.07. The van der Waals surface area contributed by atoms with Gasteiger partial charge in [-0.25, -0.2) is 0 Å². The molecule has 0 aliphatic heterocycles. The molecule has 29 heavy (non-hydrogen) atoms. The molecule has 0 aliphatic rings. The van der Waals surface area contributed by atoms with Gasteiger partial charge in [-0.3, -0.25) is 14.9 Å². The van der Waals surface area contributed by atoms with Crippen LogP contribution in [0, 0.1) is 10.1 Å². The van der Waals surface area contributed by atoms with Gasteiger partial charge in [0.1, 0.15) is 0 Å². The molecule has 0 atom stereocenters. The van der Waals surface area contributed by atoms with E-state index in [2.05, 4.69) is 5.32 Å². The number of amides is 1. The Labute approximate surface area is 181 Å². The summed E-state index contributed by atoms with van der Waals surface area (Å²) >= 11 is 13.2.